The van der Waals surface area contributed by atoms with Crippen molar-refractivity contribution in [2.45, 2.75) is 0 Å². The summed E-state index contributed by atoms with van der Waals surface area (Å²) in [4.78, 5) is 27.1. The number of hydrogen-bond acceptors (Lipinski definition) is 4. The van der Waals surface area contributed by atoms with Crippen LogP contribution in [0.4, 0.5) is 5.69 Å². The second-order valence-corrected chi connectivity index (χ2v) is 5.04. The van der Waals surface area contributed by atoms with Crippen molar-refractivity contribution in [3.05, 3.63) is 80.4 Å². The lowest BCUT2D eigenvalue weighted by molar-refractivity contribution is -0.384. The van der Waals surface area contributed by atoms with Gasteiger partial charge in [0.2, 0.25) is 0 Å². The summed E-state index contributed by atoms with van der Waals surface area (Å²) in [5, 5.41) is 11.4. The van der Waals surface area contributed by atoms with Crippen molar-refractivity contribution in [1.82, 2.24) is 9.55 Å². The van der Waals surface area contributed by atoms with Crippen molar-refractivity contribution >= 4 is 28.7 Å². The summed E-state index contributed by atoms with van der Waals surface area (Å²) in [6.45, 7) is 0. The molecule has 3 aromatic rings. The highest BCUT2D eigenvalue weighted by atomic mass is 16.6. The number of nitro groups is 1. The Balaban J connectivity index is 2.04. The summed E-state index contributed by atoms with van der Waals surface area (Å²) >= 11 is 0. The monoisotopic (exact) mass is 307 g/mol. The maximum Gasteiger partial charge on any atom is 0.270 e. The van der Waals surface area contributed by atoms with Gasteiger partial charge in [0, 0.05) is 19.2 Å². The quantitative estimate of drug-likeness (QED) is 0.550. The van der Waals surface area contributed by atoms with E-state index in [0.717, 1.165) is 0 Å². The van der Waals surface area contributed by atoms with Gasteiger partial charge < -0.3 is 0 Å². The predicted octanol–water partition coefficient (Wildman–Crippen LogP) is 3.01. The van der Waals surface area contributed by atoms with E-state index in [1.165, 1.54) is 16.7 Å². The molecule has 0 bridgehead atoms. The summed E-state index contributed by atoms with van der Waals surface area (Å²) in [6, 6.07) is 13.4. The van der Waals surface area contributed by atoms with Crippen LogP contribution in [-0.4, -0.2) is 14.5 Å². The summed E-state index contributed by atoms with van der Waals surface area (Å²) in [5.41, 5.74) is 1.18. The van der Waals surface area contributed by atoms with Crippen LogP contribution in [-0.2, 0) is 7.05 Å². The zero-order valence-corrected chi connectivity index (χ0v) is 12.3. The molecule has 23 heavy (non-hydrogen) atoms. The summed E-state index contributed by atoms with van der Waals surface area (Å²) < 4.78 is 1.45. The highest BCUT2D eigenvalue weighted by Crippen LogP contribution is 2.15. The van der Waals surface area contributed by atoms with Gasteiger partial charge in [0.05, 0.1) is 15.8 Å². The molecule has 0 unspecified atom stereocenters. The zero-order valence-electron chi connectivity index (χ0n) is 12.3. The van der Waals surface area contributed by atoms with Crippen LogP contribution in [0.2, 0.25) is 0 Å². The summed E-state index contributed by atoms with van der Waals surface area (Å²) in [5.74, 6) is 0.486. The molecule has 0 fully saturated rings. The van der Waals surface area contributed by atoms with E-state index in [1.54, 1.807) is 49.5 Å². The van der Waals surface area contributed by atoms with Gasteiger partial charge in [-0.25, -0.2) is 4.98 Å². The Morgan fingerprint density at radius 2 is 1.91 bits per heavy atom. The van der Waals surface area contributed by atoms with Gasteiger partial charge in [0.1, 0.15) is 5.82 Å². The fourth-order valence-corrected chi connectivity index (χ4v) is 2.30. The lowest BCUT2D eigenvalue weighted by Crippen LogP contribution is -2.20. The Kier molecular flexibility index (Phi) is 3.72. The fourth-order valence-electron chi connectivity index (χ4n) is 2.30. The molecule has 0 aliphatic heterocycles. The zero-order chi connectivity index (χ0) is 16.4. The molecule has 6 nitrogen and oxygen atoms in total. The van der Waals surface area contributed by atoms with Crippen LogP contribution in [0.5, 0.6) is 0 Å². The normalized spacial score (nSPS) is 11.2. The van der Waals surface area contributed by atoms with Gasteiger partial charge >= 0.3 is 0 Å². The number of non-ortho nitro benzene ring substituents is 1. The van der Waals surface area contributed by atoms with Crippen LogP contribution >= 0.6 is 0 Å². The first-order chi connectivity index (χ1) is 11.1. The van der Waals surface area contributed by atoms with Crippen LogP contribution in [0.3, 0.4) is 0 Å². The number of fused-ring (bicyclic) bond motifs is 1. The molecule has 0 aliphatic carbocycles. The van der Waals surface area contributed by atoms with Gasteiger partial charge in [0.15, 0.2) is 0 Å². The first kappa shape index (κ1) is 14.6. The highest BCUT2D eigenvalue weighted by molar-refractivity contribution is 5.79. The van der Waals surface area contributed by atoms with E-state index >= 15 is 0 Å². The highest BCUT2D eigenvalue weighted by Gasteiger charge is 2.06. The Hall–Kier alpha value is -3.28. The number of nitro benzene ring substituents is 1. The van der Waals surface area contributed by atoms with E-state index in [2.05, 4.69) is 4.98 Å². The topological polar surface area (TPSA) is 78.0 Å². The lowest BCUT2D eigenvalue weighted by Gasteiger charge is -2.05. The summed E-state index contributed by atoms with van der Waals surface area (Å²) in [7, 11) is 1.65. The van der Waals surface area contributed by atoms with Crippen LogP contribution in [0.15, 0.2) is 53.3 Å². The lowest BCUT2D eigenvalue weighted by atomic mass is 10.2. The molecule has 0 radical (unpaired) electrons. The number of aromatic nitrogens is 2. The van der Waals surface area contributed by atoms with Crippen molar-refractivity contribution in [3.8, 4) is 0 Å². The van der Waals surface area contributed by atoms with Gasteiger partial charge in [-0.1, -0.05) is 30.3 Å². The Morgan fingerprint density at radius 1 is 1.13 bits per heavy atom. The third kappa shape index (κ3) is 2.87. The smallest absolute Gasteiger partial charge is 0.270 e. The van der Waals surface area contributed by atoms with Gasteiger partial charge in [-0.3, -0.25) is 19.5 Å². The second-order valence-electron chi connectivity index (χ2n) is 5.04. The van der Waals surface area contributed by atoms with Crippen molar-refractivity contribution < 1.29 is 4.92 Å². The Morgan fingerprint density at radius 3 is 2.70 bits per heavy atom. The van der Waals surface area contributed by atoms with Gasteiger partial charge in [-0.15, -0.1) is 0 Å². The number of nitrogens with zero attached hydrogens (tertiary/aromatic N) is 3. The number of para-hydroxylation sites is 1. The van der Waals surface area contributed by atoms with Crippen molar-refractivity contribution in [2.24, 2.45) is 7.05 Å². The van der Waals surface area contributed by atoms with E-state index in [9.17, 15) is 14.9 Å². The molecule has 0 amide bonds. The molecule has 0 N–H and O–H groups in total. The van der Waals surface area contributed by atoms with Crippen molar-refractivity contribution in [1.29, 1.82) is 0 Å². The Labute approximate surface area is 131 Å². The van der Waals surface area contributed by atoms with Crippen LogP contribution in [0.25, 0.3) is 23.1 Å². The molecular formula is C17H13N3O3. The first-order valence-electron chi connectivity index (χ1n) is 6.94. The minimum absolute atomic E-state index is 0.0208. The largest absolute Gasteiger partial charge is 0.296 e. The van der Waals surface area contributed by atoms with Gasteiger partial charge in [-0.2, -0.15) is 0 Å². The van der Waals surface area contributed by atoms with E-state index in [1.807, 2.05) is 6.07 Å². The molecule has 0 spiro atoms. The first-order valence-corrected chi connectivity index (χ1v) is 6.94. The van der Waals surface area contributed by atoms with Crippen molar-refractivity contribution in [3.63, 3.8) is 0 Å². The standard InChI is InChI=1S/C17H13N3O3/c1-19-16(18-15-8-3-2-7-14(15)17(19)21)10-9-12-5-4-6-13(11-12)20(22)23/h2-11H,1H3. The second kappa shape index (κ2) is 5.84. The van der Waals surface area contributed by atoms with Crippen LogP contribution in [0, 0.1) is 10.1 Å². The van der Waals surface area contributed by atoms with E-state index in [0.29, 0.717) is 22.3 Å². The van der Waals surface area contributed by atoms with Gasteiger partial charge in [-0.05, 0) is 23.8 Å². The third-order valence-electron chi connectivity index (χ3n) is 3.52. The minimum atomic E-state index is -0.443. The number of hydrogen-bond donors (Lipinski definition) is 0. The molecule has 2 aromatic carbocycles. The molecule has 0 aliphatic rings. The van der Waals surface area contributed by atoms with E-state index < -0.39 is 4.92 Å². The molecule has 6 heteroatoms. The van der Waals surface area contributed by atoms with Crippen LogP contribution < -0.4 is 5.56 Å². The third-order valence-corrected chi connectivity index (χ3v) is 3.52. The predicted molar refractivity (Wildman–Crippen MR) is 89.0 cm³/mol. The summed E-state index contributed by atoms with van der Waals surface area (Å²) in [6.07, 6.45) is 3.37. The molecule has 1 aromatic heterocycles. The average Bonchev–Trinajstić information content (AvgIpc) is 2.57. The number of benzene rings is 2. The molecule has 114 valence electrons. The molecule has 0 saturated carbocycles. The minimum Gasteiger partial charge on any atom is -0.296 e. The SMILES string of the molecule is Cn1c(C=Cc2cccc([N+](=O)[O-])c2)nc2ccccc2c1=O. The molecule has 3 rings (SSSR count). The average molecular weight is 307 g/mol. The van der Waals surface area contributed by atoms with Crippen molar-refractivity contribution in [2.75, 3.05) is 0 Å². The van der Waals surface area contributed by atoms with E-state index in [-0.39, 0.29) is 11.2 Å². The Bertz CT molecular complexity index is 990. The molecular weight excluding hydrogens is 294 g/mol. The maximum absolute atomic E-state index is 12.3. The maximum atomic E-state index is 12.3. The molecule has 0 saturated heterocycles. The molecule has 0 atom stereocenters. The number of rotatable bonds is 3. The molecule has 1 heterocycles. The van der Waals surface area contributed by atoms with E-state index in [4.69, 9.17) is 0 Å². The fraction of sp³-hybridized carbons (Fsp3) is 0.0588. The van der Waals surface area contributed by atoms with Crippen LogP contribution in [0.1, 0.15) is 11.4 Å². The van der Waals surface area contributed by atoms with Gasteiger partial charge in [0.25, 0.3) is 11.2 Å².